The smallest absolute Gasteiger partial charge is 0.279 e. The van der Waals surface area contributed by atoms with Crippen LogP contribution in [0.1, 0.15) is 40.5 Å². The number of hydrogen-bond donors (Lipinski definition) is 2. The molecule has 1 unspecified atom stereocenters. The number of nitrogens with zero attached hydrogens (tertiary/aromatic N) is 1. The third kappa shape index (κ3) is 6.23. The Hall–Kier alpha value is -2.09. The lowest BCUT2D eigenvalue weighted by Gasteiger charge is -2.34. The van der Waals surface area contributed by atoms with Crippen molar-refractivity contribution >= 4 is 17.5 Å². The van der Waals surface area contributed by atoms with Gasteiger partial charge in [-0.2, -0.15) is 0 Å². The minimum Gasteiger partial charge on any atom is -0.332 e. The summed E-state index contributed by atoms with van der Waals surface area (Å²) in [4.78, 5) is 27.2. The van der Waals surface area contributed by atoms with Crippen LogP contribution in [-0.2, 0) is 9.59 Å². The molecular weight excluding hydrogens is 359 g/mol. The first-order valence-corrected chi connectivity index (χ1v) is 9.18. The van der Waals surface area contributed by atoms with Crippen LogP contribution in [0.2, 0.25) is 0 Å². The lowest BCUT2D eigenvalue weighted by Crippen LogP contribution is -3.11. The molecule has 0 saturated carbocycles. The van der Waals surface area contributed by atoms with Crippen molar-refractivity contribution in [2.75, 3.05) is 25.5 Å². The molecule has 0 bridgehead atoms. The topological polar surface area (TPSA) is 53.9 Å². The van der Waals surface area contributed by atoms with Crippen molar-refractivity contribution in [1.82, 2.24) is 4.90 Å². The fraction of sp³-hybridized carbons (Fsp3) is 0.579. The highest BCUT2D eigenvalue weighted by molar-refractivity contribution is 5.91. The van der Waals surface area contributed by atoms with Crippen LogP contribution in [0.3, 0.4) is 0 Å². The minimum atomic E-state index is -1.64. The van der Waals surface area contributed by atoms with E-state index in [0.29, 0.717) is 4.90 Å². The molecule has 8 heteroatoms. The summed E-state index contributed by atoms with van der Waals surface area (Å²) >= 11 is 0. The van der Waals surface area contributed by atoms with E-state index in [9.17, 15) is 22.8 Å². The molecule has 152 valence electrons. The number of nitrogens with one attached hydrogen (secondary N) is 2. The van der Waals surface area contributed by atoms with Crippen LogP contribution in [0, 0.1) is 17.5 Å². The van der Waals surface area contributed by atoms with Crippen molar-refractivity contribution in [3.05, 3.63) is 29.6 Å². The molecule has 1 aromatic rings. The Morgan fingerprint density at radius 2 is 1.59 bits per heavy atom. The molecule has 0 aromatic heterocycles. The van der Waals surface area contributed by atoms with E-state index in [1.807, 2.05) is 32.6 Å². The second-order valence-electron chi connectivity index (χ2n) is 6.90. The standard InChI is InChI=1S/C19H28F3N3O2/c1-6-12(3)25(13(4)7-2)17(27)11-24(5)10-16(26)23-15-9-8-14(20)18(21)19(15)22/h8-9,12-13H,6-7,10-11H2,1-5H3,(H,23,26)/p+1/t12-,13+. The van der Waals surface area contributed by atoms with Gasteiger partial charge in [0.2, 0.25) is 0 Å². The first kappa shape index (κ1) is 23.0. The molecular formula is C19H29F3N3O2+. The van der Waals surface area contributed by atoms with Crippen molar-refractivity contribution in [3.63, 3.8) is 0 Å². The lowest BCUT2D eigenvalue weighted by atomic mass is 10.1. The second kappa shape index (κ2) is 10.3. The maximum Gasteiger partial charge on any atom is 0.279 e. The Balaban J connectivity index is 2.70. The van der Waals surface area contributed by atoms with E-state index in [1.165, 1.54) is 0 Å². The molecule has 2 N–H and O–H groups in total. The largest absolute Gasteiger partial charge is 0.332 e. The van der Waals surface area contributed by atoms with Gasteiger partial charge in [-0.05, 0) is 38.8 Å². The van der Waals surface area contributed by atoms with E-state index in [2.05, 4.69) is 5.32 Å². The van der Waals surface area contributed by atoms with Gasteiger partial charge >= 0.3 is 0 Å². The van der Waals surface area contributed by atoms with Crippen LogP contribution in [0.4, 0.5) is 18.9 Å². The maximum atomic E-state index is 13.6. The second-order valence-corrected chi connectivity index (χ2v) is 6.90. The van der Waals surface area contributed by atoms with Crippen molar-refractivity contribution in [3.8, 4) is 0 Å². The molecule has 0 spiro atoms. The summed E-state index contributed by atoms with van der Waals surface area (Å²) in [5.74, 6) is -5.07. The van der Waals surface area contributed by atoms with Crippen LogP contribution in [0.5, 0.6) is 0 Å². The average Bonchev–Trinajstić information content (AvgIpc) is 2.61. The number of anilines is 1. The summed E-state index contributed by atoms with van der Waals surface area (Å²) < 4.78 is 39.8. The zero-order valence-corrected chi connectivity index (χ0v) is 16.5. The Kier molecular flexibility index (Phi) is 8.75. The quantitative estimate of drug-likeness (QED) is 0.636. The first-order valence-electron chi connectivity index (χ1n) is 9.18. The predicted octanol–water partition coefficient (Wildman–Crippen LogP) is 1.98. The SMILES string of the molecule is CC[C@@H](C)N(C(=O)C[NH+](C)CC(=O)Nc1ccc(F)c(F)c1F)[C@@H](C)CC. The third-order valence-corrected chi connectivity index (χ3v) is 4.64. The molecule has 1 rings (SSSR count). The number of likely N-dealkylation sites (N-methyl/N-ethyl adjacent to an activating group) is 1. The fourth-order valence-electron chi connectivity index (χ4n) is 2.82. The molecule has 0 heterocycles. The summed E-state index contributed by atoms with van der Waals surface area (Å²) in [7, 11) is 1.67. The predicted molar refractivity (Wildman–Crippen MR) is 97.9 cm³/mol. The molecule has 0 fully saturated rings. The molecule has 1 aromatic carbocycles. The summed E-state index contributed by atoms with van der Waals surface area (Å²) in [5.41, 5.74) is -0.432. The number of quaternary nitrogens is 1. The van der Waals surface area contributed by atoms with Crippen LogP contribution >= 0.6 is 0 Å². The van der Waals surface area contributed by atoms with E-state index >= 15 is 0 Å². The summed E-state index contributed by atoms with van der Waals surface area (Å²) in [6.07, 6.45) is 1.65. The van der Waals surface area contributed by atoms with Crippen LogP contribution in [0.15, 0.2) is 12.1 Å². The molecule has 0 aliphatic rings. The fourth-order valence-corrected chi connectivity index (χ4v) is 2.82. The van der Waals surface area contributed by atoms with Gasteiger partial charge in [0.05, 0.1) is 12.7 Å². The average molecular weight is 388 g/mol. The highest BCUT2D eigenvalue weighted by atomic mass is 19.2. The van der Waals surface area contributed by atoms with Gasteiger partial charge in [0.25, 0.3) is 11.8 Å². The normalized spacial score (nSPS) is 14.4. The van der Waals surface area contributed by atoms with Gasteiger partial charge in [-0.1, -0.05) is 13.8 Å². The molecule has 0 saturated heterocycles. The van der Waals surface area contributed by atoms with Gasteiger partial charge < -0.3 is 15.1 Å². The zero-order valence-electron chi connectivity index (χ0n) is 16.5. The van der Waals surface area contributed by atoms with Crippen molar-refractivity contribution < 1.29 is 27.7 Å². The Bertz CT molecular complexity index is 660. The van der Waals surface area contributed by atoms with E-state index in [0.717, 1.165) is 25.0 Å². The number of benzene rings is 1. The van der Waals surface area contributed by atoms with Gasteiger partial charge in [0.1, 0.15) is 0 Å². The van der Waals surface area contributed by atoms with E-state index in [4.69, 9.17) is 0 Å². The molecule has 0 aliphatic heterocycles. The van der Waals surface area contributed by atoms with Gasteiger partial charge in [-0.25, -0.2) is 13.2 Å². The number of halogens is 3. The van der Waals surface area contributed by atoms with Crippen LogP contribution in [0.25, 0.3) is 0 Å². The summed E-state index contributed by atoms with van der Waals surface area (Å²) in [5, 5.41) is 2.21. The van der Waals surface area contributed by atoms with Crippen LogP contribution in [-0.4, -0.2) is 48.9 Å². The number of carbonyl (C=O) groups excluding carboxylic acids is 2. The summed E-state index contributed by atoms with van der Waals surface area (Å²) in [6, 6.07) is 1.88. The van der Waals surface area contributed by atoms with E-state index in [1.54, 1.807) is 7.05 Å². The van der Waals surface area contributed by atoms with Gasteiger partial charge in [0.15, 0.2) is 30.5 Å². The Morgan fingerprint density at radius 3 is 2.11 bits per heavy atom. The molecule has 3 atom stereocenters. The lowest BCUT2D eigenvalue weighted by molar-refractivity contribution is -0.862. The maximum absolute atomic E-state index is 13.6. The monoisotopic (exact) mass is 388 g/mol. The minimum absolute atomic E-state index is 0.0667. The highest BCUT2D eigenvalue weighted by Crippen LogP contribution is 2.19. The zero-order chi connectivity index (χ0) is 20.7. The number of hydrogen-bond acceptors (Lipinski definition) is 2. The number of amides is 2. The van der Waals surface area contributed by atoms with Crippen LogP contribution < -0.4 is 10.2 Å². The molecule has 27 heavy (non-hydrogen) atoms. The van der Waals surface area contributed by atoms with Crippen molar-refractivity contribution in [1.29, 1.82) is 0 Å². The Labute approximate surface area is 158 Å². The Morgan fingerprint density at radius 1 is 1.04 bits per heavy atom. The molecule has 0 radical (unpaired) electrons. The van der Waals surface area contributed by atoms with Crippen molar-refractivity contribution in [2.24, 2.45) is 0 Å². The molecule has 5 nitrogen and oxygen atoms in total. The molecule has 0 aliphatic carbocycles. The first-order chi connectivity index (χ1) is 12.6. The van der Waals surface area contributed by atoms with Gasteiger partial charge in [0, 0.05) is 12.1 Å². The van der Waals surface area contributed by atoms with E-state index < -0.39 is 29.0 Å². The molecule has 2 amide bonds. The summed E-state index contributed by atoms with van der Waals surface area (Å²) in [6.45, 7) is 7.97. The highest BCUT2D eigenvalue weighted by Gasteiger charge is 2.26. The number of carbonyl (C=O) groups is 2. The third-order valence-electron chi connectivity index (χ3n) is 4.64. The van der Waals surface area contributed by atoms with Gasteiger partial charge in [-0.15, -0.1) is 0 Å². The van der Waals surface area contributed by atoms with Crippen molar-refractivity contribution in [2.45, 2.75) is 52.6 Å². The van der Waals surface area contributed by atoms with E-state index in [-0.39, 0.29) is 31.1 Å². The number of rotatable bonds is 9. The van der Waals surface area contributed by atoms with Gasteiger partial charge in [-0.3, -0.25) is 9.59 Å².